The number of rotatable bonds is 9. The third kappa shape index (κ3) is 4.46. The number of hydrogen-bond donors (Lipinski definition) is 3. The molecule has 0 saturated heterocycles. The number of aromatic amines is 1. The average Bonchev–Trinajstić information content (AvgIpc) is 3.10. The molecule has 0 radical (unpaired) electrons. The summed E-state index contributed by atoms with van der Waals surface area (Å²) in [6.45, 7) is 2.07. The van der Waals surface area contributed by atoms with Gasteiger partial charge in [-0.3, -0.25) is 4.79 Å². The van der Waals surface area contributed by atoms with Gasteiger partial charge in [-0.2, -0.15) is 0 Å². The molecule has 0 fully saturated rings. The number of aryl methyl sites for hydroxylation is 1. The summed E-state index contributed by atoms with van der Waals surface area (Å²) >= 11 is 0. The van der Waals surface area contributed by atoms with Gasteiger partial charge in [0.2, 0.25) is 10.0 Å². The predicted molar refractivity (Wildman–Crippen MR) is 104 cm³/mol. The number of imidazole rings is 1. The van der Waals surface area contributed by atoms with E-state index >= 15 is 0 Å². The van der Waals surface area contributed by atoms with Crippen molar-refractivity contribution in [2.45, 2.75) is 37.1 Å². The minimum Gasteiger partial charge on any atom is -0.394 e. The normalized spacial score (nSPS) is 13.1. The van der Waals surface area contributed by atoms with Gasteiger partial charge in [-0.25, -0.2) is 23.1 Å². The molecule has 3 rings (SSSR count). The van der Waals surface area contributed by atoms with Gasteiger partial charge in [-0.1, -0.05) is 17.7 Å². The van der Waals surface area contributed by atoms with Gasteiger partial charge in [-0.15, -0.1) is 0 Å². The van der Waals surface area contributed by atoms with Crippen molar-refractivity contribution in [3.05, 3.63) is 52.8 Å². The Morgan fingerprint density at radius 1 is 1.21 bits per heavy atom. The first-order chi connectivity index (χ1) is 13.4. The Balaban J connectivity index is 1.54. The number of benzene rings is 1. The minimum absolute atomic E-state index is 0.130. The van der Waals surface area contributed by atoms with Gasteiger partial charge in [0.05, 0.1) is 30.2 Å². The van der Waals surface area contributed by atoms with Crippen LogP contribution in [-0.4, -0.2) is 46.2 Å². The summed E-state index contributed by atoms with van der Waals surface area (Å²) in [6.07, 6.45) is 4.69. The summed E-state index contributed by atoms with van der Waals surface area (Å²) in [5, 5.41) is 9.71. The number of H-pyrrole nitrogens is 1. The molecule has 3 aromatic rings. The number of hydrogen-bond acceptors (Lipinski definition) is 6. The molecule has 0 saturated carbocycles. The lowest BCUT2D eigenvalue weighted by Gasteiger charge is -2.16. The highest BCUT2D eigenvalue weighted by Crippen LogP contribution is 2.18. The summed E-state index contributed by atoms with van der Waals surface area (Å²) in [4.78, 5) is 22.6. The number of aliphatic hydroxyl groups excluding tert-OH is 1. The predicted octanol–water partition coefficient (Wildman–Crippen LogP) is 1.11. The van der Waals surface area contributed by atoms with Crippen molar-refractivity contribution in [1.82, 2.24) is 24.2 Å². The average molecular weight is 405 g/mol. The van der Waals surface area contributed by atoms with E-state index in [0.717, 1.165) is 5.56 Å². The van der Waals surface area contributed by atoms with Crippen LogP contribution in [0.2, 0.25) is 0 Å². The molecule has 10 heteroatoms. The summed E-state index contributed by atoms with van der Waals surface area (Å²) in [5.41, 5.74) is 1.32. The molecule has 0 aliphatic rings. The zero-order valence-corrected chi connectivity index (χ0v) is 16.3. The lowest BCUT2D eigenvalue weighted by atomic mass is 10.1. The maximum absolute atomic E-state index is 12.3. The number of sulfonamides is 1. The Morgan fingerprint density at radius 3 is 2.68 bits per heavy atom. The Bertz CT molecular complexity index is 1090. The highest BCUT2D eigenvalue weighted by Gasteiger charge is 2.16. The van der Waals surface area contributed by atoms with Crippen LogP contribution >= 0.6 is 0 Å². The van der Waals surface area contributed by atoms with E-state index in [4.69, 9.17) is 0 Å². The fraction of sp³-hybridized carbons (Fsp3) is 0.389. The summed E-state index contributed by atoms with van der Waals surface area (Å²) < 4.78 is 28.8. The van der Waals surface area contributed by atoms with Crippen molar-refractivity contribution in [3.8, 4) is 0 Å². The summed E-state index contributed by atoms with van der Waals surface area (Å²) in [5.74, 6) is 0. The van der Waals surface area contributed by atoms with Crippen LogP contribution < -0.4 is 10.3 Å². The molecule has 3 N–H and O–H groups in total. The van der Waals surface area contributed by atoms with Crippen molar-refractivity contribution in [2.24, 2.45) is 0 Å². The third-order valence-electron chi connectivity index (χ3n) is 4.56. The maximum atomic E-state index is 12.3. The number of nitrogens with one attached hydrogen (secondary N) is 2. The molecule has 0 amide bonds. The van der Waals surface area contributed by atoms with Gasteiger partial charge in [0, 0.05) is 6.54 Å². The molecule has 28 heavy (non-hydrogen) atoms. The summed E-state index contributed by atoms with van der Waals surface area (Å²) in [6, 6.07) is 6.40. The number of fused-ring (bicyclic) bond motifs is 1. The van der Waals surface area contributed by atoms with Crippen molar-refractivity contribution in [3.63, 3.8) is 0 Å². The monoisotopic (exact) mass is 405 g/mol. The van der Waals surface area contributed by atoms with Crippen LogP contribution in [0.5, 0.6) is 0 Å². The molecular formula is C18H23N5O4S. The van der Waals surface area contributed by atoms with Crippen molar-refractivity contribution in [1.29, 1.82) is 0 Å². The van der Waals surface area contributed by atoms with Crippen molar-refractivity contribution < 1.29 is 13.5 Å². The van der Waals surface area contributed by atoms with Crippen LogP contribution in [0.4, 0.5) is 0 Å². The standard InChI is InChI=1S/C18H23N5O4S/c1-13-5-7-15(8-6-13)28(26,27)22-9-3-2-4-14(10-24)23-12-21-16-17(23)19-11-20-18(16)25/h5-8,11-12,14,22,24H,2-4,9-10H2,1H3,(H,19,20,25). The van der Waals surface area contributed by atoms with E-state index in [0.29, 0.717) is 31.5 Å². The topological polar surface area (TPSA) is 130 Å². The van der Waals surface area contributed by atoms with E-state index < -0.39 is 10.0 Å². The first-order valence-corrected chi connectivity index (χ1v) is 10.5. The Labute approximate surface area is 162 Å². The smallest absolute Gasteiger partial charge is 0.278 e. The van der Waals surface area contributed by atoms with E-state index in [1.165, 1.54) is 12.7 Å². The molecular weight excluding hydrogens is 382 g/mol. The van der Waals surface area contributed by atoms with Crippen LogP contribution in [0.25, 0.3) is 11.2 Å². The SMILES string of the molecule is Cc1ccc(S(=O)(=O)NCCCCC(CO)n2cnc3c(=O)[nH]cnc32)cc1. The first-order valence-electron chi connectivity index (χ1n) is 9.00. The first kappa shape index (κ1) is 20.2. The molecule has 1 aromatic carbocycles. The largest absolute Gasteiger partial charge is 0.394 e. The van der Waals surface area contributed by atoms with E-state index in [1.54, 1.807) is 28.8 Å². The Hall–Kier alpha value is -2.56. The zero-order chi connectivity index (χ0) is 20.1. The van der Waals surface area contributed by atoms with E-state index in [9.17, 15) is 18.3 Å². The van der Waals surface area contributed by atoms with Crippen LogP contribution in [0.3, 0.4) is 0 Å². The number of nitrogens with zero attached hydrogens (tertiary/aromatic N) is 3. The molecule has 0 bridgehead atoms. The van der Waals surface area contributed by atoms with Gasteiger partial charge in [0.15, 0.2) is 11.2 Å². The minimum atomic E-state index is -3.52. The molecule has 0 spiro atoms. The second-order valence-corrected chi connectivity index (χ2v) is 8.37. The molecule has 1 atom stereocenters. The number of aliphatic hydroxyl groups is 1. The molecule has 0 aliphatic carbocycles. The lowest BCUT2D eigenvalue weighted by molar-refractivity contribution is 0.220. The second-order valence-electron chi connectivity index (χ2n) is 6.60. The van der Waals surface area contributed by atoms with Gasteiger partial charge >= 0.3 is 0 Å². The van der Waals surface area contributed by atoms with Gasteiger partial charge in [0.25, 0.3) is 5.56 Å². The van der Waals surface area contributed by atoms with Crippen molar-refractivity contribution in [2.75, 3.05) is 13.2 Å². The van der Waals surface area contributed by atoms with Crippen LogP contribution in [-0.2, 0) is 10.0 Å². The van der Waals surface area contributed by atoms with E-state index in [-0.39, 0.29) is 28.6 Å². The van der Waals surface area contributed by atoms with Crippen molar-refractivity contribution >= 4 is 21.2 Å². The molecule has 2 heterocycles. The molecule has 9 nitrogen and oxygen atoms in total. The Kier molecular flexibility index (Phi) is 6.22. The van der Waals surface area contributed by atoms with Gasteiger partial charge in [-0.05, 0) is 38.3 Å². The molecule has 2 aromatic heterocycles. The zero-order valence-electron chi connectivity index (χ0n) is 15.5. The number of unbranched alkanes of at least 4 members (excludes halogenated alkanes) is 1. The quantitative estimate of drug-likeness (QED) is 0.457. The fourth-order valence-electron chi connectivity index (χ4n) is 2.96. The van der Waals surface area contributed by atoms with Gasteiger partial charge in [0.1, 0.15) is 0 Å². The second kappa shape index (κ2) is 8.63. The molecule has 0 aliphatic heterocycles. The third-order valence-corrected chi connectivity index (χ3v) is 6.03. The summed E-state index contributed by atoms with van der Waals surface area (Å²) in [7, 11) is -3.52. The highest BCUT2D eigenvalue weighted by atomic mass is 32.2. The van der Waals surface area contributed by atoms with Crippen LogP contribution in [0, 0.1) is 6.92 Å². The van der Waals surface area contributed by atoms with E-state index in [1.807, 2.05) is 6.92 Å². The number of aromatic nitrogens is 4. The Morgan fingerprint density at radius 2 is 1.96 bits per heavy atom. The molecule has 1 unspecified atom stereocenters. The maximum Gasteiger partial charge on any atom is 0.278 e. The van der Waals surface area contributed by atoms with Gasteiger partial charge < -0.3 is 14.7 Å². The van der Waals surface area contributed by atoms with E-state index in [2.05, 4.69) is 19.7 Å². The van der Waals surface area contributed by atoms with Crippen LogP contribution in [0.15, 0.2) is 46.6 Å². The lowest BCUT2D eigenvalue weighted by Crippen LogP contribution is -2.25. The highest BCUT2D eigenvalue weighted by molar-refractivity contribution is 7.89. The van der Waals surface area contributed by atoms with Crippen LogP contribution in [0.1, 0.15) is 30.9 Å². The fourth-order valence-corrected chi connectivity index (χ4v) is 4.03. The molecule has 150 valence electrons.